The van der Waals surface area contributed by atoms with Gasteiger partial charge in [-0.2, -0.15) is 0 Å². The molecule has 1 aromatic carbocycles. The second-order valence-electron chi connectivity index (χ2n) is 6.13. The molecule has 0 aliphatic carbocycles. The fourth-order valence-electron chi connectivity index (χ4n) is 2.59. The number of carbonyl (C=O) groups is 4. The molecule has 1 saturated heterocycles. The molecule has 2 heterocycles. The van der Waals surface area contributed by atoms with Crippen LogP contribution in [0, 0.1) is 0 Å². The van der Waals surface area contributed by atoms with Crippen molar-refractivity contribution in [3.63, 3.8) is 0 Å². The quantitative estimate of drug-likeness (QED) is 0.191. The van der Waals surface area contributed by atoms with Crippen molar-refractivity contribution in [3.8, 4) is 0 Å². The smallest absolute Gasteiger partial charge is 0.276 e. The maximum absolute atomic E-state index is 12.7. The molecule has 31 heavy (non-hydrogen) atoms. The third kappa shape index (κ3) is 5.35. The summed E-state index contributed by atoms with van der Waals surface area (Å²) in [5, 5.41) is 15.4. The zero-order chi connectivity index (χ0) is 22.4. The summed E-state index contributed by atoms with van der Waals surface area (Å²) in [5.74, 6) is -2.50. The number of anilines is 2. The molecule has 1 aromatic heterocycles. The van der Waals surface area contributed by atoms with E-state index in [1.165, 1.54) is 12.5 Å². The summed E-state index contributed by atoms with van der Waals surface area (Å²) in [4.78, 5) is 57.3. The van der Waals surface area contributed by atoms with Gasteiger partial charge in [0.25, 0.3) is 5.91 Å². The van der Waals surface area contributed by atoms with Crippen LogP contribution >= 0.6 is 22.9 Å². The fraction of sp³-hybridized carbons (Fsp3) is 0.222. The zero-order valence-corrected chi connectivity index (χ0v) is 17.6. The van der Waals surface area contributed by atoms with Crippen molar-refractivity contribution in [2.45, 2.75) is 12.1 Å². The molecule has 11 nitrogen and oxygen atoms in total. The third-order valence-corrected chi connectivity index (χ3v) is 5.04. The maximum atomic E-state index is 12.7. The molecule has 2 atom stereocenters. The number of para-hydroxylation sites is 1. The van der Waals surface area contributed by atoms with Crippen LogP contribution in [0.25, 0.3) is 0 Å². The van der Waals surface area contributed by atoms with Gasteiger partial charge in [-0.25, -0.2) is 4.98 Å². The maximum Gasteiger partial charge on any atom is 0.276 e. The number of nitrogens with zero attached hydrogens (tertiary/aromatic N) is 2. The molecule has 0 unspecified atom stereocenters. The summed E-state index contributed by atoms with van der Waals surface area (Å²) in [5.41, 5.74) is 0.431. The molecule has 4 N–H and O–H groups in total. The van der Waals surface area contributed by atoms with Crippen molar-refractivity contribution in [1.29, 1.82) is 0 Å². The Morgan fingerprint density at radius 1 is 1.26 bits per heavy atom. The van der Waals surface area contributed by atoms with Crippen molar-refractivity contribution in [3.05, 3.63) is 41.4 Å². The van der Waals surface area contributed by atoms with Crippen LogP contribution in [-0.2, 0) is 24.0 Å². The highest BCUT2D eigenvalue weighted by molar-refractivity contribution is 7.14. The fourth-order valence-corrected chi connectivity index (χ4v) is 3.37. The largest absolute Gasteiger partial charge is 0.398 e. The molecule has 13 heteroatoms. The van der Waals surface area contributed by atoms with Gasteiger partial charge in [-0.15, -0.1) is 22.9 Å². The number of carbonyl (C=O) groups excluding carboxylic acids is 4. The number of nitrogens with one attached hydrogen (secondary N) is 4. The van der Waals surface area contributed by atoms with Gasteiger partial charge in [-0.1, -0.05) is 23.4 Å². The number of amides is 4. The molecule has 1 aliphatic heterocycles. The number of hydrogen-bond donors (Lipinski definition) is 4. The summed E-state index contributed by atoms with van der Waals surface area (Å²) in [6, 6.07) is 6.61. The Bertz CT molecular complexity index is 1030. The van der Waals surface area contributed by atoms with Crippen molar-refractivity contribution < 1.29 is 24.0 Å². The summed E-state index contributed by atoms with van der Waals surface area (Å²) in [6.07, 6.45) is 0. The number of rotatable bonds is 8. The molecular formula is C18H17ClN6O5S. The Morgan fingerprint density at radius 3 is 2.65 bits per heavy atom. The van der Waals surface area contributed by atoms with E-state index in [4.69, 9.17) is 16.4 Å². The number of halogens is 1. The minimum Gasteiger partial charge on any atom is -0.398 e. The number of hydrogen-bond acceptors (Lipinski definition) is 8. The first-order chi connectivity index (χ1) is 14.9. The van der Waals surface area contributed by atoms with E-state index in [1.54, 1.807) is 30.3 Å². The van der Waals surface area contributed by atoms with Gasteiger partial charge in [-0.05, 0) is 12.1 Å². The topological polar surface area (TPSA) is 151 Å². The molecule has 0 spiro atoms. The first-order valence-electron chi connectivity index (χ1n) is 8.83. The highest BCUT2D eigenvalue weighted by Gasteiger charge is 2.45. The predicted octanol–water partition coefficient (Wildman–Crippen LogP) is 0.293. The van der Waals surface area contributed by atoms with Crippen LogP contribution in [0.4, 0.5) is 10.8 Å². The first-order valence-corrected chi connectivity index (χ1v) is 10.2. The summed E-state index contributed by atoms with van der Waals surface area (Å²) in [7, 11) is 1.24. The Balaban J connectivity index is 1.68. The van der Waals surface area contributed by atoms with Gasteiger partial charge in [0, 0.05) is 11.1 Å². The van der Waals surface area contributed by atoms with Gasteiger partial charge >= 0.3 is 0 Å². The minimum atomic E-state index is -1.10. The molecule has 2 aromatic rings. The number of oxime groups is 1. The lowest BCUT2D eigenvalue weighted by atomic mass is 9.97. The lowest BCUT2D eigenvalue weighted by Crippen LogP contribution is -2.73. The average molecular weight is 465 g/mol. The van der Waals surface area contributed by atoms with Gasteiger partial charge in [-0.3, -0.25) is 19.2 Å². The lowest BCUT2D eigenvalue weighted by molar-refractivity contribution is -0.140. The first kappa shape index (κ1) is 22.2. The van der Waals surface area contributed by atoms with E-state index in [1.807, 2.05) is 0 Å². The molecular weight excluding hydrogens is 448 g/mol. The van der Waals surface area contributed by atoms with Crippen molar-refractivity contribution in [2.24, 2.45) is 5.16 Å². The number of alkyl halides is 1. The lowest BCUT2D eigenvalue weighted by Gasteiger charge is -2.35. The van der Waals surface area contributed by atoms with Gasteiger partial charge in [0.2, 0.25) is 17.7 Å². The number of aromatic nitrogens is 1. The van der Waals surface area contributed by atoms with E-state index in [0.29, 0.717) is 5.69 Å². The van der Waals surface area contributed by atoms with Crippen LogP contribution in [0.1, 0.15) is 5.69 Å². The highest BCUT2D eigenvalue weighted by Crippen LogP contribution is 2.17. The molecule has 162 valence electrons. The number of β-lactam (4-membered cyclic amide) rings is 1. The van der Waals surface area contributed by atoms with Crippen LogP contribution in [0.15, 0.2) is 40.9 Å². The monoisotopic (exact) mass is 464 g/mol. The van der Waals surface area contributed by atoms with Crippen LogP contribution in [-0.4, -0.2) is 59.4 Å². The standard InChI is InChI=1S/C18H17ClN6O5S/c1-30-25-12(10-8-31-18(21-10)22-11(26)7-19)15(27)23-14-13(24-17(14)29)16(28)20-9-5-3-2-4-6-9/h2-6,8,13-14H,7H2,1H3,(H,20,28)(H,23,27)(H,24,29)(H,21,22,26)/t13-,14-/m1/s1. The second-order valence-corrected chi connectivity index (χ2v) is 7.26. The average Bonchev–Trinajstić information content (AvgIpc) is 3.22. The minimum absolute atomic E-state index is 0.110. The summed E-state index contributed by atoms with van der Waals surface area (Å²) >= 11 is 6.49. The van der Waals surface area contributed by atoms with E-state index in [9.17, 15) is 19.2 Å². The van der Waals surface area contributed by atoms with Crippen LogP contribution in [0.5, 0.6) is 0 Å². The van der Waals surface area contributed by atoms with Crippen LogP contribution < -0.4 is 21.3 Å². The molecule has 0 bridgehead atoms. The predicted molar refractivity (Wildman–Crippen MR) is 114 cm³/mol. The van der Waals surface area contributed by atoms with Crippen LogP contribution in [0.3, 0.4) is 0 Å². The molecule has 0 radical (unpaired) electrons. The summed E-state index contributed by atoms with van der Waals surface area (Å²) in [6.45, 7) is 0. The van der Waals surface area contributed by atoms with Crippen molar-refractivity contribution in [1.82, 2.24) is 15.6 Å². The van der Waals surface area contributed by atoms with Gasteiger partial charge in [0.15, 0.2) is 10.8 Å². The van der Waals surface area contributed by atoms with E-state index in [-0.39, 0.29) is 22.4 Å². The van der Waals surface area contributed by atoms with Crippen molar-refractivity contribution in [2.75, 3.05) is 23.6 Å². The Hall–Kier alpha value is -3.51. The number of benzene rings is 1. The Morgan fingerprint density at radius 2 is 2.00 bits per heavy atom. The van der Waals surface area contributed by atoms with Gasteiger partial charge < -0.3 is 26.1 Å². The molecule has 1 fully saturated rings. The van der Waals surface area contributed by atoms with Crippen molar-refractivity contribution >= 4 is 63.1 Å². The zero-order valence-electron chi connectivity index (χ0n) is 16.0. The number of thiazole rings is 1. The van der Waals surface area contributed by atoms with Gasteiger partial charge in [0.1, 0.15) is 30.8 Å². The highest BCUT2D eigenvalue weighted by atomic mass is 35.5. The van der Waals surface area contributed by atoms with E-state index in [2.05, 4.69) is 31.4 Å². The van der Waals surface area contributed by atoms with Crippen LogP contribution in [0.2, 0.25) is 0 Å². The molecule has 1 aliphatic rings. The second kappa shape index (κ2) is 10.00. The summed E-state index contributed by atoms with van der Waals surface area (Å²) < 4.78 is 0. The Labute approximate surface area is 185 Å². The SMILES string of the molecule is CON=C(C(=O)N[C@H]1C(=O)N[C@H]1C(=O)Nc1ccccc1)c1csc(NC(=O)CCl)n1. The Kier molecular flexibility index (Phi) is 7.15. The van der Waals surface area contributed by atoms with Gasteiger partial charge in [0.05, 0.1) is 0 Å². The van der Waals surface area contributed by atoms with E-state index < -0.39 is 35.7 Å². The van der Waals surface area contributed by atoms with E-state index in [0.717, 1.165) is 11.3 Å². The molecule has 4 amide bonds. The molecule has 0 saturated carbocycles. The normalized spacial score (nSPS) is 17.7. The van der Waals surface area contributed by atoms with E-state index >= 15 is 0 Å². The molecule has 3 rings (SSSR count). The third-order valence-electron chi connectivity index (χ3n) is 4.04.